The van der Waals surface area contributed by atoms with Gasteiger partial charge in [0.2, 0.25) is 0 Å². The first kappa shape index (κ1) is 32.3. The van der Waals surface area contributed by atoms with Gasteiger partial charge >= 0.3 is 5.97 Å². The highest BCUT2D eigenvalue weighted by atomic mass is 79.9. The molecule has 2 rings (SSSR count). The summed E-state index contributed by atoms with van der Waals surface area (Å²) in [4.78, 5) is 23.2. The minimum Gasteiger partial charge on any atom is -0.494 e. The minimum atomic E-state index is -0.526. The molecule has 212 valence electrons. The normalized spacial score (nSPS) is 11.4. The number of aldehydes is 1. The summed E-state index contributed by atoms with van der Waals surface area (Å²) in [5.74, 6) is 1.29. The number of ether oxygens (including phenoxy) is 4. The SMILES string of the molecule is CCOC(=O)CCCOc1cccc(CCCCCCOc2cc(Br)cc(CC#N)c2)c1CC(C=O)OCC. The Balaban J connectivity index is 1.88. The lowest BCUT2D eigenvalue weighted by molar-refractivity contribution is -0.143. The summed E-state index contributed by atoms with van der Waals surface area (Å²) in [6.07, 6.45) is 6.90. The summed E-state index contributed by atoms with van der Waals surface area (Å²) >= 11 is 3.47. The average molecular weight is 603 g/mol. The third kappa shape index (κ3) is 12.7. The van der Waals surface area contributed by atoms with Gasteiger partial charge in [0, 0.05) is 29.5 Å². The molecule has 0 amide bonds. The molecule has 0 bridgehead atoms. The Morgan fingerprint density at radius 2 is 1.82 bits per heavy atom. The number of unbranched alkanes of at least 4 members (excludes halogenated alkanes) is 3. The molecule has 2 aromatic carbocycles. The molecule has 0 aliphatic carbocycles. The maximum absolute atomic E-state index is 11.6. The summed E-state index contributed by atoms with van der Waals surface area (Å²) in [5, 5.41) is 8.93. The highest BCUT2D eigenvalue weighted by Crippen LogP contribution is 2.27. The topological polar surface area (TPSA) is 94.9 Å². The highest BCUT2D eigenvalue weighted by Gasteiger charge is 2.16. The van der Waals surface area contributed by atoms with Gasteiger partial charge in [-0.25, -0.2) is 0 Å². The summed E-state index contributed by atoms with van der Waals surface area (Å²) in [5.41, 5.74) is 3.08. The first-order chi connectivity index (χ1) is 19.0. The molecule has 8 heteroatoms. The van der Waals surface area contributed by atoms with Gasteiger partial charge in [-0.1, -0.05) is 40.9 Å². The van der Waals surface area contributed by atoms with E-state index in [1.54, 1.807) is 6.92 Å². The number of nitrogens with zero attached hydrogens (tertiary/aromatic N) is 1. The van der Waals surface area contributed by atoms with Crippen LogP contribution in [0.25, 0.3) is 0 Å². The van der Waals surface area contributed by atoms with Crippen molar-refractivity contribution in [3.63, 3.8) is 0 Å². The molecule has 0 fully saturated rings. The number of aryl methyl sites for hydroxylation is 1. The number of nitriles is 1. The van der Waals surface area contributed by atoms with Crippen molar-refractivity contribution in [2.45, 2.75) is 77.7 Å². The Morgan fingerprint density at radius 3 is 2.56 bits per heavy atom. The molecule has 2 aromatic rings. The van der Waals surface area contributed by atoms with Crippen LogP contribution >= 0.6 is 15.9 Å². The van der Waals surface area contributed by atoms with Crippen molar-refractivity contribution in [1.82, 2.24) is 0 Å². The number of carbonyl (C=O) groups is 2. The van der Waals surface area contributed by atoms with Crippen LogP contribution in [0.4, 0.5) is 0 Å². The lowest BCUT2D eigenvalue weighted by atomic mass is 9.96. The Hall–Kier alpha value is -2.89. The predicted molar refractivity (Wildman–Crippen MR) is 154 cm³/mol. The maximum Gasteiger partial charge on any atom is 0.305 e. The first-order valence-corrected chi connectivity index (χ1v) is 14.5. The summed E-state index contributed by atoms with van der Waals surface area (Å²) in [7, 11) is 0. The summed E-state index contributed by atoms with van der Waals surface area (Å²) in [6, 6.07) is 13.9. The lowest BCUT2D eigenvalue weighted by Crippen LogP contribution is -2.19. The molecule has 39 heavy (non-hydrogen) atoms. The molecule has 0 saturated heterocycles. The van der Waals surface area contributed by atoms with Gasteiger partial charge in [0.1, 0.15) is 23.9 Å². The molecule has 0 saturated carbocycles. The number of hydrogen-bond donors (Lipinski definition) is 0. The van der Waals surface area contributed by atoms with Crippen LogP contribution < -0.4 is 9.47 Å². The van der Waals surface area contributed by atoms with E-state index in [9.17, 15) is 9.59 Å². The van der Waals surface area contributed by atoms with Crippen LogP contribution in [-0.4, -0.2) is 44.8 Å². The number of carbonyl (C=O) groups excluding carboxylic acids is 2. The van der Waals surface area contributed by atoms with Crippen molar-refractivity contribution >= 4 is 28.2 Å². The van der Waals surface area contributed by atoms with Gasteiger partial charge in [-0.2, -0.15) is 5.26 Å². The predicted octanol–water partition coefficient (Wildman–Crippen LogP) is 6.57. The minimum absolute atomic E-state index is 0.224. The van der Waals surface area contributed by atoms with Gasteiger partial charge in [-0.05, 0) is 74.9 Å². The number of esters is 1. The molecule has 7 nitrogen and oxygen atoms in total. The molecule has 0 N–H and O–H groups in total. The zero-order valence-corrected chi connectivity index (χ0v) is 24.7. The fourth-order valence-corrected chi connectivity index (χ4v) is 4.78. The molecule has 1 unspecified atom stereocenters. The number of halogens is 1. The van der Waals surface area contributed by atoms with E-state index in [2.05, 4.69) is 28.1 Å². The summed E-state index contributed by atoms with van der Waals surface area (Å²) in [6.45, 7) is 5.52. The maximum atomic E-state index is 11.6. The van der Waals surface area contributed by atoms with Gasteiger partial charge < -0.3 is 23.7 Å². The van der Waals surface area contributed by atoms with E-state index >= 15 is 0 Å². The quantitative estimate of drug-likeness (QED) is 0.0962. The van der Waals surface area contributed by atoms with Crippen molar-refractivity contribution < 1.29 is 28.5 Å². The third-order valence-corrected chi connectivity index (χ3v) is 6.54. The third-order valence-electron chi connectivity index (χ3n) is 6.08. The Bertz CT molecular complexity index is 1070. The average Bonchev–Trinajstić information content (AvgIpc) is 2.91. The number of rotatable bonds is 20. The molecule has 0 radical (unpaired) electrons. The van der Waals surface area contributed by atoms with Gasteiger partial charge in [-0.15, -0.1) is 0 Å². The van der Waals surface area contributed by atoms with Crippen LogP contribution in [-0.2, 0) is 38.3 Å². The van der Waals surface area contributed by atoms with Crippen LogP contribution in [0.2, 0.25) is 0 Å². The highest BCUT2D eigenvalue weighted by molar-refractivity contribution is 9.10. The molecule has 1 atom stereocenters. The molecule has 0 aliphatic rings. The largest absolute Gasteiger partial charge is 0.494 e. The first-order valence-electron chi connectivity index (χ1n) is 13.8. The van der Waals surface area contributed by atoms with Crippen LogP contribution in [0.5, 0.6) is 11.5 Å². The second-order valence-electron chi connectivity index (χ2n) is 9.13. The van der Waals surface area contributed by atoms with Gasteiger partial charge in [-0.3, -0.25) is 4.79 Å². The number of hydrogen-bond acceptors (Lipinski definition) is 7. The zero-order valence-electron chi connectivity index (χ0n) is 23.1. The van der Waals surface area contributed by atoms with E-state index < -0.39 is 6.10 Å². The van der Waals surface area contributed by atoms with Crippen molar-refractivity contribution in [1.29, 1.82) is 5.26 Å². The lowest BCUT2D eigenvalue weighted by Gasteiger charge is -2.18. The molecule has 0 spiro atoms. The fourth-order valence-electron chi connectivity index (χ4n) is 4.26. The van der Waals surface area contributed by atoms with E-state index in [0.29, 0.717) is 52.1 Å². The standard InChI is InChI=1S/C31H40BrNO6/c1-3-36-28(23-34)22-29-25(12-9-13-30(29)39-18-10-14-31(35)37-4-2)11-7-5-6-8-17-38-27-20-24(15-16-33)19-26(32)21-27/h9,12-13,19-21,23,28H,3-8,10-11,14-15,17-18,22H2,1-2H3. The second kappa shape index (κ2) is 19.2. The molecule has 0 aliphatic heterocycles. The van der Waals surface area contributed by atoms with E-state index in [0.717, 1.165) is 71.1 Å². The van der Waals surface area contributed by atoms with Crippen molar-refractivity contribution in [3.8, 4) is 17.6 Å². The van der Waals surface area contributed by atoms with E-state index in [4.69, 9.17) is 24.2 Å². The van der Waals surface area contributed by atoms with Crippen molar-refractivity contribution in [2.24, 2.45) is 0 Å². The molecular formula is C31H40BrNO6. The van der Waals surface area contributed by atoms with E-state index in [-0.39, 0.29) is 5.97 Å². The van der Waals surface area contributed by atoms with Crippen LogP contribution in [0.3, 0.4) is 0 Å². The van der Waals surface area contributed by atoms with Crippen LogP contribution in [0, 0.1) is 11.3 Å². The van der Waals surface area contributed by atoms with E-state index in [1.165, 1.54) is 0 Å². The zero-order chi connectivity index (χ0) is 28.3. The second-order valence-corrected chi connectivity index (χ2v) is 10.0. The smallest absolute Gasteiger partial charge is 0.305 e. The van der Waals surface area contributed by atoms with Gasteiger partial charge in [0.05, 0.1) is 32.3 Å². The number of benzene rings is 2. The monoisotopic (exact) mass is 601 g/mol. The van der Waals surface area contributed by atoms with Crippen molar-refractivity contribution in [3.05, 3.63) is 57.6 Å². The van der Waals surface area contributed by atoms with E-state index in [1.807, 2.05) is 37.3 Å². The van der Waals surface area contributed by atoms with Gasteiger partial charge in [0.15, 0.2) is 0 Å². The Morgan fingerprint density at radius 1 is 1.03 bits per heavy atom. The van der Waals surface area contributed by atoms with Crippen LogP contribution in [0.15, 0.2) is 40.9 Å². The molecule has 0 heterocycles. The molecular weight excluding hydrogens is 562 g/mol. The van der Waals surface area contributed by atoms with Gasteiger partial charge in [0.25, 0.3) is 0 Å². The fraction of sp³-hybridized carbons (Fsp3) is 0.516. The van der Waals surface area contributed by atoms with Crippen molar-refractivity contribution in [2.75, 3.05) is 26.4 Å². The Kier molecular flexibility index (Phi) is 15.9. The summed E-state index contributed by atoms with van der Waals surface area (Å²) < 4.78 is 23.4. The van der Waals surface area contributed by atoms with Crippen LogP contribution in [0.1, 0.15) is 69.1 Å². The molecule has 0 aromatic heterocycles. The Labute approximate surface area is 240 Å².